The van der Waals surface area contributed by atoms with E-state index in [1.54, 1.807) is 41.4 Å². The van der Waals surface area contributed by atoms with Crippen LogP contribution in [0.15, 0.2) is 60.8 Å². The molecule has 1 amide bonds. The van der Waals surface area contributed by atoms with Crippen LogP contribution in [-0.4, -0.2) is 34.4 Å². The van der Waals surface area contributed by atoms with Gasteiger partial charge in [0, 0.05) is 36.6 Å². The largest absolute Gasteiger partial charge is 0.342 e. The Kier molecular flexibility index (Phi) is 6.32. The van der Waals surface area contributed by atoms with Crippen molar-refractivity contribution in [3.63, 3.8) is 0 Å². The smallest absolute Gasteiger partial charge is 0.253 e. The van der Waals surface area contributed by atoms with Crippen LogP contribution < -0.4 is 5.32 Å². The van der Waals surface area contributed by atoms with Crippen molar-refractivity contribution >= 4 is 17.4 Å². The summed E-state index contributed by atoms with van der Waals surface area (Å²) in [6.07, 6.45) is 3.69. The van der Waals surface area contributed by atoms with Gasteiger partial charge >= 0.3 is 0 Å². The highest BCUT2D eigenvalue weighted by Gasteiger charge is 2.11. The Bertz CT molecular complexity index is 926. The summed E-state index contributed by atoms with van der Waals surface area (Å²) >= 11 is 0. The second kappa shape index (κ2) is 9.08. The highest BCUT2D eigenvalue weighted by Crippen LogP contribution is 2.20. The zero-order valence-electron chi connectivity index (χ0n) is 16.0. The molecular formula is C22H23FN4O. The van der Waals surface area contributed by atoms with Gasteiger partial charge in [-0.3, -0.25) is 4.79 Å². The first kappa shape index (κ1) is 19.5. The molecule has 3 aromatic rings. The van der Waals surface area contributed by atoms with Crippen molar-refractivity contribution < 1.29 is 9.18 Å². The fourth-order valence-corrected chi connectivity index (χ4v) is 2.73. The number of aromatic nitrogens is 2. The van der Waals surface area contributed by atoms with Crippen molar-refractivity contribution in [3.8, 4) is 11.4 Å². The molecule has 0 spiro atoms. The monoisotopic (exact) mass is 378 g/mol. The molecule has 0 unspecified atom stereocenters. The van der Waals surface area contributed by atoms with Gasteiger partial charge in [0.1, 0.15) is 11.6 Å². The molecule has 6 heteroatoms. The number of benzene rings is 2. The third-order valence-electron chi connectivity index (χ3n) is 4.36. The van der Waals surface area contributed by atoms with E-state index in [-0.39, 0.29) is 11.7 Å². The maximum atomic E-state index is 13.1. The lowest BCUT2D eigenvalue weighted by Gasteiger charge is -2.17. The zero-order valence-corrected chi connectivity index (χ0v) is 16.0. The van der Waals surface area contributed by atoms with Gasteiger partial charge in [-0.25, -0.2) is 14.4 Å². The normalized spacial score (nSPS) is 10.5. The quantitative estimate of drug-likeness (QED) is 0.635. The number of carbonyl (C=O) groups is 1. The number of nitrogens with zero attached hydrogens (tertiary/aromatic N) is 3. The molecule has 0 fully saturated rings. The minimum atomic E-state index is -0.298. The van der Waals surface area contributed by atoms with Gasteiger partial charge in [-0.15, -0.1) is 0 Å². The van der Waals surface area contributed by atoms with Crippen molar-refractivity contribution in [1.82, 2.24) is 14.9 Å². The van der Waals surface area contributed by atoms with Crippen molar-refractivity contribution in [1.29, 1.82) is 0 Å². The van der Waals surface area contributed by atoms with E-state index < -0.39 is 0 Å². The molecule has 1 aromatic heterocycles. The Hall–Kier alpha value is -3.28. The summed E-state index contributed by atoms with van der Waals surface area (Å²) < 4.78 is 13.1. The third-order valence-corrected chi connectivity index (χ3v) is 4.36. The molecular weight excluding hydrogens is 355 g/mol. The van der Waals surface area contributed by atoms with Crippen molar-refractivity contribution in [2.45, 2.75) is 19.8 Å². The molecule has 0 radical (unpaired) electrons. The molecule has 0 bridgehead atoms. The molecule has 144 valence electrons. The van der Waals surface area contributed by atoms with Crippen molar-refractivity contribution in [3.05, 3.63) is 72.2 Å². The van der Waals surface area contributed by atoms with Crippen LogP contribution in [0.3, 0.4) is 0 Å². The number of halogens is 1. The van der Waals surface area contributed by atoms with Crippen LogP contribution in [0.25, 0.3) is 11.4 Å². The SMILES string of the molecule is CCCCN(C)C(=O)c1ccc(Nc2ccnc(-c3ccc(F)cc3)n2)cc1. The molecule has 2 aromatic carbocycles. The lowest BCUT2D eigenvalue weighted by Crippen LogP contribution is -2.27. The Labute approximate surface area is 164 Å². The molecule has 1 N–H and O–H groups in total. The molecule has 0 saturated carbocycles. The van der Waals surface area contributed by atoms with E-state index in [1.807, 2.05) is 19.2 Å². The number of hydrogen-bond acceptors (Lipinski definition) is 4. The number of hydrogen-bond donors (Lipinski definition) is 1. The van der Waals surface area contributed by atoms with E-state index in [2.05, 4.69) is 22.2 Å². The van der Waals surface area contributed by atoms with Gasteiger partial charge in [-0.05, 0) is 61.0 Å². The Morgan fingerprint density at radius 3 is 2.46 bits per heavy atom. The minimum absolute atomic E-state index is 0.0145. The van der Waals surface area contributed by atoms with E-state index in [1.165, 1.54) is 12.1 Å². The predicted octanol–water partition coefficient (Wildman–Crippen LogP) is 4.90. The van der Waals surface area contributed by atoms with E-state index in [0.717, 1.165) is 30.6 Å². The van der Waals surface area contributed by atoms with Crippen molar-refractivity contribution in [2.75, 3.05) is 18.9 Å². The number of rotatable bonds is 7. The Morgan fingerprint density at radius 1 is 1.07 bits per heavy atom. The summed E-state index contributed by atoms with van der Waals surface area (Å²) in [7, 11) is 1.82. The first-order valence-corrected chi connectivity index (χ1v) is 9.28. The topological polar surface area (TPSA) is 58.1 Å². The number of carbonyl (C=O) groups excluding carboxylic acids is 1. The molecule has 0 saturated heterocycles. The fraction of sp³-hybridized carbons (Fsp3) is 0.227. The van der Waals surface area contributed by atoms with Crippen molar-refractivity contribution in [2.24, 2.45) is 0 Å². The summed E-state index contributed by atoms with van der Waals surface area (Å²) in [5.41, 5.74) is 2.21. The average Bonchev–Trinajstić information content (AvgIpc) is 2.73. The van der Waals surface area contributed by atoms with Crippen LogP contribution in [-0.2, 0) is 0 Å². The summed E-state index contributed by atoms with van der Waals surface area (Å²) in [4.78, 5) is 22.9. The van der Waals surface area contributed by atoms with E-state index in [9.17, 15) is 9.18 Å². The van der Waals surface area contributed by atoms with E-state index in [4.69, 9.17) is 0 Å². The Morgan fingerprint density at radius 2 is 1.79 bits per heavy atom. The predicted molar refractivity (Wildman–Crippen MR) is 109 cm³/mol. The number of unbranched alkanes of at least 4 members (excludes halogenated alkanes) is 1. The van der Waals surface area contributed by atoms with Crippen LogP contribution in [0.4, 0.5) is 15.9 Å². The molecule has 0 aliphatic heterocycles. The Balaban J connectivity index is 1.70. The van der Waals surface area contributed by atoms with Crippen LogP contribution >= 0.6 is 0 Å². The third kappa shape index (κ3) is 4.91. The molecule has 0 aliphatic carbocycles. The zero-order chi connectivity index (χ0) is 19.9. The maximum absolute atomic E-state index is 13.1. The van der Waals surface area contributed by atoms with Gasteiger partial charge in [-0.2, -0.15) is 0 Å². The van der Waals surface area contributed by atoms with E-state index in [0.29, 0.717) is 17.2 Å². The van der Waals surface area contributed by atoms with Gasteiger partial charge in [0.05, 0.1) is 0 Å². The highest BCUT2D eigenvalue weighted by atomic mass is 19.1. The highest BCUT2D eigenvalue weighted by molar-refractivity contribution is 5.94. The van der Waals surface area contributed by atoms with Gasteiger partial charge in [-0.1, -0.05) is 13.3 Å². The van der Waals surface area contributed by atoms with Gasteiger partial charge in [0.15, 0.2) is 5.82 Å². The summed E-state index contributed by atoms with van der Waals surface area (Å²) in [6.45, 7) is 2.86. The van der Waals surface area contributed by atoms with Gasteiger partial charge < -0.3 is 10.2 Å². The lowest BCUT2D eigenvalue weighted by molar-refractivity contribution is 0.0793. The second-order valence-corrected chi connectivity index (χ2v) is 6.55. The second-order valence-electron chi connectivity index (χ2n) is 6.55. The van der Waals surface area contributed by atoms with Crippen LogP contribution in [0.1, 0.15) is 30.1 Å². The van der Waals surface area contributed by atoms with Crippen LogP contribution in [0, 0.1) is 5.82 Å². The average molecular weight is 378 g/mol. The number of nitrogens with one attached hydrogen (secondary N) is 1. The fourth-order valence-electron chi connectivity index (χ4n) is 2.73. The molecule has 3 rings (SSSR count). The van der Waals surface area contributed by atoms with Crippen LogP contribution in [0.5, 0.6) is 0 Å². The molecule has 0 aliphatic rings. The first-order valence-electron chi connectivity index (χ1n) is 9.28. The maximum Gasteiger partial charge on any atom is 0.253 e. The standard InChI is InChI=1S/C22H23FN4O/c1-3-4-15-27(2)22(28)17-7-11-19(12-8-17)25-20-13-14-24-21(26-20)16-5-9-18(23)10-6-16/h5-14H,3-4,15H2,1-2H3,(H,24,25,26). The molecule has 5 nitrogen and oxygen atoms in total. The van der Waals surface area contributed by atoms with Gasteiger partial charge in [0.25, 0.3) is 5.91 Å². The van der Waals surface area contributed by atoms with Gasteiger partial charge in [0.2, 0.25) is 0 Å². The number of amides is 1. The molecule has 0 atom stereocenters. The summed E-state index contributed by atoms with van der Waals surface area (Å²) in [6, 6.07) is 15.1. The molecule has 28 heavy (non-hydrogen) atoms. The summed E-state index contributed by atoms with van der Waals surface area (Å²) in [5.74, 6) is 0.844. The van der Waals surface area contributed by atoms with E-state index >= 15 is 0 Å². The summed E-state index contributed by atoms with van der Waals surface area (Å²) in [5, 5.41) is 3.21. The van der Waals surface area contributed by atoms with Crippen LogP contribution in [0.2, 0.25) is 0 Å². The number of anilines is 2. The first-order chi connectivity index (χ1) is 13.6. The lowest BCUT2D eigenvalue weighted by atomic mass is 10.1. The minimum Gasteiger partial charge on any atom is -0.342 e. The molecule has 1 heterocycles.